The molecule has 2 heterocycles. The van der Waals surface area contributed by atoms with Crippen LogP contribution in [0.1, 0.15) is 0 Å². The van der Waals surface area contributed by atoms with Gasteiger partial charge in [-0.3, -0.25) is 0 Å². The molecule has 0 N–H and O–H groups in total. The van der Waals surface area contributed by atoms with Gasteiger partial charge in [0.1, 0.15) is 5.15 Å². The first-order valence-electron chi connectivity index (χ1n) is 6.79. The maximum atomic E-state index is 12.8. The van der Waals surface area contributed by atoms with Gasteiger partial charge in [0, 0.05) is 10.4 Å². The third-order valence-corrected chi connectivity index (χ3v) is 5.73. The summed E-state index contributed by atoms with van der Waals surface area (Å²) in [5.41, 5.74) is 0.582. The fraction of sp³-hybridized carbons (Fsp3) is 0. The molecule has 6 nitrogen and oxygen atoms in total. The van der Waals surface area contributed by atoms with Gasteiger partial charge in [0.25, 0.3) is 0 Å². The average Bonchev–Trinajstić information content (AvgIpc) is 3.00. The van der Waals surface area contributed by atoms with Crippen LogP contribution < -0.4 is 0 Å². The lowest BCUT2D eigenvalue weighted by Crippen LogP contribution is -2.04. The second-order valence-corrected chi connectivity index (χ2v) is 7.67. The number of rotatable bonds is 2. The molecular formula is C15H8Cl2N4O2S. The fourth-order valence-corrected chi connectivity index (χ4v) is 4.07. The van der Waals surface area contributed by atoms with E-state index in [1.54, 1.807) is 36.4 Å². The van der Waals surface area contributed by atoms with Crippen LogP contribution in [0.25, 0.3) is 16.6 Å². The third kappa shape index (κ3) is 2.24. The molecule has 0 fully saturated rings. The first-order chi connectivity index (χ1) is 11.5. The molecule has 9 heteroatoms. The highest BCUT2D eigenvalue weighted by Gasteiger charge is 2.26. The van der Waals surface area contributed by atoms with Crippen molar-refractivity contribution < 1.29 is 8.42 Å². The van der Waals surface area contributed by atoms with Crippen molar-refractivity contribution >= 4 is 49.6 Å². The van der Waals surface area contributed by atoms with Crippen molar-refractivity contribution in [3.63, 3.8) is 0 Å². The highest BCUT2D eigenvalue weighted by molar-refractivity contribution is 7.91. The van der Waals surface area contributed by atoms with E-state index in [-0.39, 0.29) is 20.7 Å². The van der Waals surface area contributed by atoms with Crippen LogP contribution in [0.15, 0.2) is 58.5 Å². The van der Waals surface area contributed by atoms with Gasteiger partial charge in [-0.15, -0.1) is 5.10 Å². The van der Waals surface area contributed by atoms with E-state index in [9.17, 15) is 8.42 Å². The Hall–Kier alpha value is -2.22. The summed E-state index contributed by atoms with van der Waals surface area (Å²) < 4.78 is 26.9. The van der Waals surface area contributed by atoms with Gasteiger partial charge in [-0.05, 0) is 30.3 Å². The molecule has 2 aromatic carbocycles. The Balaban J connectivity index is 2.07. The topological polar surface area (TPSA) is 77.2 Å². The molecule has 0 aliphatic rings. The number of halogens is 2. The van der Waals surface area contributed by atoms with Crippen molar-refractivity contribution in [3.8, 4) is 0 Å². The molecule has 0 amide bonds. The largest absolute Gasteiger partial charge is 0.229 e. The molecule has 0 spiro atoms. The van der Waals surface area contributed by atoms with E-state index in [0.29, 0.717) is 15.9 Å². The Labute approximate surface area is 146 Å². The quantitative estimate of drug-likeness (QED) is 0.499. The monoisotopic (exact) mass is 378 g/mol. The molecule has 0 saturated heterocycles. The second kappa shape index (κ2) is 5.41. The van der Waals surface area contributed by atoms with Gasteiger partial charge in [-0.2, -0.15) is 4.52 Å². The Morgan fingerprint density at radius 3 is 2.50 bits per heavy atom. The average molecular weight is 379 g/mol. The summed E-state index contributed by atoms with van der Waals surface area (Å²) in [5.74, 6) is 0. The maximum Gasteiger partial charge on any atom is 0.229 e. The smallest absolute Gasteiger partial charge is 0.217 e. The molecule has 0 atom stereocenters. The standard InChI is InChI=1S/C15H8Cl2N4O2S/c16-9-6-7-11-12(8-9)21-14(18-13(11)17)15(19-20-21)24(22,23)10-4-2-1-3-5-10/h1-8H. The molecule has 0 unspecified atom stereocenters. The summed E-state index contributed by atoms with van der Waals surface area (Å²) in [5, 5.41) is 8.72. The molecule has 24 heavy (non-hydrogen) atoms. The lowest BCUT2D eigenvalue weighted by Gasteiger charge is -2.04. The summed E-state index contributed by atoms with van der Waals surface area (Å²) in [6.45, 7) is 0. The number of hydrogen-bond acceptors (Lipinski definition) is 5. The van der Waals surface area contributed by atoms with Gasteiger partial charge in [-0.1, -0.05) is 46.6 Å². The van der Waals surface area contributed by atoms with Crippen LogP contribution in [-0.4, -0.2) is 28.2 Å². The summed E-state index contributed by atoms with van der Waals surface area (Å²) in [6, 6.07) is 13.0. The molecule has 2 aromatic heterocycles. The van der Waals surface area contributed by atoms with E-state index in [1.807, 2.05) is 0 Å². The van der Waals surface area contributed by atoms with Crippen LogP contribution in [0.4, 0.5) is 0 Å². The number of benzene rings is 2. The SMILES string of the molecule is O=S(=O)(c1ccccc1)c1nnn2c1nc(Cl)c1ccc(Cl)cc12. The van der Waals surface area contributed by atoms with E-state index in [1.165, 1.54) is 16.6 Å². The molecular weight excluding hydrogens is 371 g/mol. The molecule has 0 aliphatic heterocycles. The zero-order chi connectivity index (χ0) is 16.9. The Morgan fingerprint density at radius 1 is 1.00 bits per heavy atom. The van der Waals surface area contributed by atoms with E-state index in [4.69, 9.17) is 23.2 Å². The van der Waals surface area contributed by atoms with Crippen LogP contribution in [0.5, 0.6) is 0 Å². The van der Waals surface area contributed by atoms with Gasteiger partial charge in [0.2, 0.25) is 14.9 Å². The highest BCUT2D eigenvalue weighted by Crippen LogP contribution is 2.29. The van der Waals surface area contributed by atoms with Crippen molar-refractivity contribution in [2.45, 2.75) is 9.92 Å². The molecule has 4 rings (SSSR count). The summed E-state index contributed by atoms with van der Waals surface area (Å²) >= 11 is 12.2. The third-order valence-electron chi connectivity index (χ3n) is 3.54. The van der Waals surface area contributed by atoms with Gasteiger partial charge < -0.3 is 0 Å². The first-order valence-corrected chi connectivity index (χ1v) is 9.03. The second-order valence-electron chi connectivity index (χ2n) is 5.01. The molecule has 0 aliphatic carbocycles. The van der Waals surface area contributed by atoms with Crippen molar-refractivity contribution in [1.82, 2.24) is 19.8 Å². The van der Waals surface area contributed by atoms with Crippen LogP contribution >= 0.6 is 23.2 Å². The van der Waals surface area contributed by atoms with Crippen molar-refractivity contribution in [2.24, 2.45) is 0 Å². The minimum atomic E-state index is -3.87. The summed E-state index contributed by atoms with van der Waals surface area (Å²) in [4.78, 5) is 4.27. The maximum absolute atomic E-state index is 12.8. The molecule has 0 saturated carbocycles. The number of fused-ring (bicyclic) bond motifs is 3. The number of sulfone groups is 1. The number of nitrogens with zero attached hydrogens (tertiary/aromatic N) is 4. The van der Waals surface area contributed by atoms with Crippen molar-refractivity contribution in [3.05, 3.63) is 58.7 Å². The van der Waals surface area contributed by atoms with E-state index >= 15 is 0 Å². The number of aromatic nitrogens is 4. The van der Waals surface area contributed by atoms with Gasteiger partial charge in [-0.25, -0.2) is 13.4 Å². The summed E-state index contributed by atoms with van der Waals surface area (Å²) in [7, 11) is -3.87. The van der Waals surface area contributed by atoms with Crippen LogP contribution in [0, 0.1) is 0 Å². The highest BCUT2D eigenvalue weighted by atomic mass is 35.5. The fourth-order valence-electron chi connectivity index (χ4n) is 2.41. The van der Waals surface area contributed by atoms with E-state index < -0.39 is 9.84 Å². The lowest BCUT2D eigenvalue weighted by atomic mass is 10.2. The van der Waals surface area contributed by atoms with Gasteiger partial charge in [0.05, 0.1) is 10.4 Å². The minimum absolute atomic E-state index is 0.0543. The van der Waals surface area contributed by atoms with Crippen molar-refractivity contribution in [1.29, 1.82) is 0 Å². The molecule has 0 bridgehead atoms. The van der Waals surface area contributed by atoms with Crippen molar-refractivity contribution in [2.75, 3.05) is 0 Å². The van der Waals surface area contributed by atoms with Crippen LogP contribution in [0.3, 0.4) is 0 Å². The molecule has 120 valence electrons. The number of hydrogen-bond donors (Lipinski definition) is 0. The predicted molar refractivity (Wildman–Crippen MR) is 90.2 cm³/mol. The molecule has 0 radical (unpaired) electrons. The van der Waals surface area contributed by atoms with Gasteiger partial charge in [0.15, 0.2) is 5.65 Å². The van der Waals surface area contributed by atoms with Crippen LogP contribution in [-0.2, 0) is 9.84 Å². The Bertz CT molecular complexity index is 1190. The lowest BCUT2D eigenvalue weighted by molar-refractivity contribution is 0.592. The van der Waals surface area contributed by atoms with E-state index in [0.717, 1.165) is 0 Å². The van der Waals surface area contributed by atoms with Crippen LogP contribution in [0.2, 0.25) is 10.2 Å². The zero-order valence-electron chi connectivity index (χ0n) is 11.9. The van der Waals surface area contributed by atoms with Gasteiger partial charge >= 0.3 is 0 Å². The predicted octanol–water partition coefficient (Wildman–Crippen LogP) is 3.42. The molecule has 4 aromatic rings. The zero-order valence-corrected chi connectivity index (χ0v) is 14.2. The summed E-state index contributed by atoms with van der Waals surface area (Å²) in [6.07, 6.45) is 0. The Morgan fingerprint density at radius 2 is 1.75 bits per heavy atom. The first kappa shape index (κ1) is 15.3. The Kier molecular flexibility index (Phi) is 3.45. The van der Waals surface area contributed by atoms with E-state index in [2.05, 4.69) is 15.3 Å². The normalized spacial score (nSPS) is 12.1. The minimum Gasteiger partial charge on any atom is -0.217 e.